The highest BCUT2D eigenvalue weighted by molar-refractivity contribution is 7.90. The van der Waals surface area contributed by atoms with Crippen LogP contribution in [0, 0.1) is 0 Å². The highest BCUT2D eigenvalue weighted by Crippen LogP contribution is 2.30. The normalized spacial score (nSPS) is 19.0. The SMILES string of the molecule is COCCN1C(=O)c2ccc(C(=O)NC3CCNCC3)cc2S1(=O)=O.Cl. The Hall–Kier alpha value is -1.68. The number of fused-ring (bicyclic) bond motifs is 1. The fraction of sp³-hybridized carbons (Fsp3) is 0.500. The van der Waals surface area contributed by atoms with Gasteiger partial charge in [-0.1, -0.05) is 0 Å². The molecule has 2 aliphatic heterocycles. The van der Waals surface area contributed by atoms with E-state index in [2.05, 4.69) is 10.6 Å². The van der Waals surface area contributed by atoms with Crippen LogP contribution in [0.1, 0.15) is 33.6 Å². The second-order valence-electron chi connectivity index (χ2n) is 6.08. The van der Waals surface area contributed by atoms with Crippen LogP contribution >= 0.6 is 12.4 Å². The van der Waals surface area contributed by atoms with Crippen molar-refractivity contribution in [3.05, 3.63) is 29.3 Å². The lowest BCUT2D eigenvalue weighted by molar-refractivity contribution is 0.0835. The van der Waals surface area contributed by atoms with Gasteiger partial charge in [0, 0.05) is 18.7 Å². The van der Waals surface area contributed by atoms with Gasteiger partial charge in [0.1, 0.15) is 4.90 Å². The molecule has 144 valence electrons. The predicted molar refractivity (Wildman–Crippen MR) is 97.1 cm³/mol. The van der Waals surface area contributed by atoms with Crippen molar-refractivity contribution >= 4 is 34.2 Å². The van der Waals surface area contributed by atoms with Crippen LogP contribution in [0.25, 0.3) is 0 Å². The van der Waals surface area contributed by atoms with Gasteiger partial charge in [-0.3, -0.25) is 9.59 Å². The molecule has 0 atom stereocenters. The van der Waals surface area contributed by atoms with E-state index in [0.717, 1.165) is 30.2 Å². The molecule has 8 nitrogen and oxygen atoms in total. The Morgan fingerprint density at radius 2 is 2.04 bits per heavy atom. The minimum atomic E-state index is -3.94. The summed E-state index contributed by atoms with van der Waals surface area (Å²) in [5, 5.41) is 6.13. The maximum atomic E-state index is 12.6. The smallest absolute Gasteiger partial charge is 0.269 e. The quantitative estimate of drug-likeness (QED) is 0.736. The molecule has 0 radical (unpaired) electrons. The summed E-state index contributed by atoms with van der Waals surface area (Å²) in [6, 6.07) is 4.24. The number of hydrogen-bond acceptors (Lipinski definition) is 6. The van der Waals surface area contributed by atoms with Crippen LogP contribution in [0.4, 0.5) is 0 Å². The van der Waals surface area contributed by atoms with Crippen LogP contribution in [0.3, 0.4) is 0 Å². The molecule has 3 rings (SSSR count). The minimum absolute atomic E-state index is 0. The number of hydrogen-bond donors (Lipinski definition) is 2. The minimum Gasteiger partial charge on any atom is -0.383 e. The first-order chi connectivity index (χ1) is 11.9. The van der Waals surface area contributed by atoms with Crippen molar-refractivity contribution in [1.82, 2.24) is 14.9 Å². The van der Waals surface area contributed by atoms with E-state index >= 15 is 0 Å². The Morgan fingerprint density at radius 3 is 2.69 bits per heavy atom. The zero-order chi connectivity index (χ0) is 18.0. The van der Waals surface area contributed by atoms with Gasteiger partial charge in [0.05, 0.1) is 18.7 Å². The summed E-state index contributed by atoms with van der Waals surface area (Å²) in [7, 11) is -2.51. The third-order valence-electron chi connectivity index (χ3n) is 4.44. The number of ether oxygens (including phenoxy) is 1. The van der Waals surface area contributed by atoms with E-state index < -0.39 is 15.9 Å². The van der Waals surface area contributed by atoms with Crippen molar-refractivity contribution in [2.75, 3.05) is 33.4 Å². The molecule has 10 heteroatoms. The maximum Gasteiger partial charge on any atom is 0.269 e. The third kappa shape index (κ3) is 3.85. The van der Waals surface area contributed by atoms with Crippen molar-refractivity contribution < 1.29 is 22.7 Å². The van der Waals surface area contributed by atoms with Gasteiger partial charge < -0.3 is 15.4 Å². The number of halogens is 1. The summed E-state index contributed by atoms with van der Waals surface area (Å²) in [4.78, 5) is 24.6. The Kier molecular flexibility index (Phi) is 6.62. The second-order valence-corrected chi connectivity index (χ2v) is 7.91. The van der Waals surface area contributed by atoms with Crippen LogP contribution in [-0.4, -0.2) is 63.9 Å². The van der Waals surface area contributed by atoms with E-state index in [1.165, 1.54) is 25.3 Å². The van der Waals surface area contributed by atoms with E-state index in [1.54, 1.807) is 0 Å². The average molecular weight is 404 g/mol. The van der Waals surface area contributed by atoms with Gasteiger partial charge in [-0.2, -0.15) is 0 Å². The van der Waals surface area contributed by atoms with E-state index in [9.17, 15) is 18.0 Å². The lowest BCUT2D eigenvalue weighted by Gasteiger charge is -2.23. The van der Waals surface area contributed by atoms with Gasteiger partial charge in [-0.25, -0.2) is 12.7 Å². The molecule has 1 aromatic rings. The van der Waals surface area contributed by atoms with Gasteiger partial charge in [-0.15, -0.1) is 12.4 Å². The molecule has 0 bridgehead atoms. The first kappa shape index (κ1) is 20.6. The van der Waals surface area contributed by atoms with Crippen LogP contribution in [0.2, 0.25) is 0 Å². The number of nitrogens with one attached hydrogen (secondary N) is 2. The number of methoxy groups -OCH3 is 1. The first-order valence-corrected chi connectivity index (χ1v) is 9.61. The van der Waals surface area contributed by atoms with Gasteiger partial charge in [0.25, 0.3) is 21.8 Å². The van der Waals surface area contributed by atoms with E-state index in [4.69, 9.17) is 4.74 Å². The molecule has 0 unspecified atom stereocenters. The fourth-order valence-corrected chi connectivity index (χ4v) is 4.62. The van der Waals surface area contributed by atoms with Crippen LogP contribution in [0.5, 0.6) is 0 Å². The molecule has 0 spiro atoms. The Morgan fingerprint density at radius 1 is 1.35 bits per heavy atom. The third-order valence-corrected chi connectivity index (χ3v) is 6.26. The molecule has 1 fully saturated rings. The number of sulfonamides is 1. The number of carbonyl (C=O) groups excluding carboxylic acids is 2. The van der Waals surface area contributed by atoms with Crippen molar-refractivity contribution in [3.63, 3.8) is 0 Å². The van der Waals surface area contributed by atoms with Crippen LogP contribution in [0.15, 0.2) is 23.1 Å². The van der Waals surface area contributed by atoms with Crippen molar-refractivity contribution in [1.29, 1.82) is 0 Å². The molecule has 0 aromatic heterocycles. The molecule has 2 amide bonds. The Bertz CT molecular complexity index is 793. The van der Waals surface area contributed by atoms with Crippen molar-refractivity contribution in [2.45, 2.75) is 23.8 Å². The average Bonchev–Trinajstić information content (AvgIpc) is 2.80. The topological polar surface area (TPSA) is 105 Å². The summed E-state index contributed by atoms with van der Waals surface area (Å²) in [6.07, 6.45) is 1.66. The Labute approximate surface area is 158 Å². The summed E-state index contributed by atoms with van der Waals surface area (Å²) < 4.78 is 30.8. The second kappa shape index (κ2) is 8.34. The number of benzene rings is 1. The summed E-state index contributed by atoms with van der Waals surface area (Å²) in [5.41, 5.74) is 0.330. The summed E-state index contributed by atoms with van der Waals surface area (Å²) in [5.74, 6) is -0.912. The molecule has 1 aromatic carbocycles. The number of amides is 2. The molecule has 26 heavy (non-hydrogen) atoms. The van der Waals surface area contributed by atoms with Gasteiger partial charge in [-0.05, 0) is 44.1 Å². The lowest BCUT2D eigenvalue weighted by atomic mass is 10.1. The highest BCUT2D eigenvalue weighted by atomic mass is 35.5. The number of carbonyl (C=O) groups is 2. The molecule has 0 aliphatic carbocycles. The number of rotatable bonds is 5. The fourth-order valence-electron chi connectivity index (χ4n) is 3.05. The lowest BCUT2D eigenvalue weighted by Crippen LogP contribution is -2.42. The standard InChI is InChI=1S/C16H21N3O5S.ClH/c1-24-9-8-19-16(21)13-3-2-11(10-14(13)25(19,22)23)15(20)18-12-4-6-17-7-5-12;/h2-3,10,12,17H,4-9H2,1H3,(H,18,20);1H. The van der Waals surface area contributed by atoms with E-state index in [-0.39, 0.29) is 53.5 Å². The zero-order valence-electron chi connectivity index (χ0n) is 14.4. The molecule has 2 heterocycles. The van der Waals surface area contributed by atoms with Crippen molar-refractivity contribution in [2.24, 2.45) is 0 Å². The molecular formula is C16H22ClN3O5S. The summed E-state index contributed by atoms with van der Waals surface area (Å²) >= 11 is 0. The first-order valence-electron chi connectivity index (χ1n) is 8.17. The largest absolute Gasteiger partial charge is 0.383 e. The zero-order valence-corrected chi connectivity index (χ0v) is 16.0. The Balaban J connectivity index is 0.00000243. The molecular weight excluding hydrogens is 382 g/mol. The molecule has 0 saturated carbocycles. The number of piperidine rings is 1. The van der Waals surface area contributed by atoms with Crippen LogP contribution in [-0.2, 0) is 14.8 Å². The maximum absolute atomic E-state index is 12.6. The van der Waals surface area contributed by atoms with E-state index in [1.807, 2.05) is 0 Å². The monoisotopic (exact) mass is 403 g/mol. The number of nitrogens with zero attached hydrogens (tertiary/aromatic N) is 1. The molecule has 2 N–H and O–H groups in total. The van der Waals surface area contributed by atoms with Gasteiger partial charge >= 0.3 is 0 Å². The predicted octanol–water partition coefficient (Wildman–Crippen LogP) is 0.381. The summed E-state index contributed by atoms with van der Waals surface area (Å²) in [6.45, 7) is 1.74. The van der Waals surface area contributed by atoms with Crippen LogP contribution < -0.4 is 10.6 Å². The van der Waals surface area contributed by atoms with Crippen molar-refractivity contribution in [3.8, 4) is 0 Å². The molecule has 2 aliphatic rings. The van der Waals surface area contributed by atoms with Gasteiger partial charge in [0.15, 0.2) is 0 Å². The highest BCUT2D eigenvalue weighted by Gasteiger charge is 2.41. The van der Waals surface area contributed by atoms with Gasteiger partial charge in [0.2, 0.25) is 0 Å². The molecule has 1 saturated heterocycles. The van der Waals surface area contributed by atoms with E-state index in [0.29, 0.717) is 0 Å².